The second kappa shape index (κ2) is 5.60. The first-order chi connectivity index (χ1) is 8.60. The van der Waals surface area contributed by atoms with Gasteiger partial charge in [0.25, 0.3) is 0 Å². The van der Waals surface area contributed by atoms with Crippen LogP contribution in [0.2, 0.25) is 5.02 Å². The molecule has 0 saturated heterocycles. The molecule has 18 heavy (non-hydrogen) atoms. The van der Waals surface area contributed by atoms with Crippen molar-refractivity contribution in [3.63, 3.8) is 0 Å². The highest BCUT2D eigenvalue weighted by Gasteiger charge is 2.10. The van der Waals surface area contributed by atoms with E-state index in [0.29, 0.717) is 5.56 Å². The number of aliphatic hydroxyl groups is 1. The molecule has 0 aliphatic heterocycles. The number of halogens is 3. The van der Waals surface area contributed by atoms with Crippen LogP contribution in [0.4, 0.5) is 4.39 Å². The van der Waals surface area contributed by atoms with Gasteiger partial charge in [-0.3, -0.25) is 0 Å². The minimum atomic E-state index is -0.499. The Labute approximate surface area is 116 Å². The van der Waals surface area contributed by atoms with Crippen LogP contribution in [0.1, 0.15) is 5.56 Å². The molecule has 1 aromatic carbocycles. The van der Waals surface area contributed by atoms with E-state index in [-0.39, 0.29) is 27.9 Å². The molecule has 0 unspecified atom stereocenters. The Hall–Kier alpha value is -1.24. The van der Waals surface area contributed by atoms with E-state index in [1.54, 1.807) is 0 Å². The summed E-state index contributed by atoms with van der Waals surface area (Å²) in [6, 6.07) is 2.54. The number of rotatable bonds is 3. The summed E-state index contributed by atoms with van der Waals surface area (Å²) in [5, 5.41) is 9.07. The zero-order valence-electron chi connectivity index (χ0n) is 8.90. The van der Waals surface area contributed by atoms with Crippen LogP contribution in [0.5, 0.6) is 11.8 Å². The zero-order chi connectivity index (χ0) is 13.1. The van der Waals surface area contributed by atoms with Crippen LogP contribution in [0, 0.1) is 5.82 Å². The summed E-state index contributed by atoms with van der Waals surface area (Å²) in [4.78, 5) is 7.70. The monoisotopic (exact) mass is 332 g/mol. The maximum absolute atomic E-state index is 13.3. The smallest absolute Gasteiger partial charge is 0.321 e. The Morgan fingerprint density at radius 2 is 2.00 bits per heavy atom. The molecule has 94 valence electrons. The van der Waals surface area contributed by atoms with Crippen molar-refractivity contribution in [1.29, 1.82) is 0 Å². The number of nitrogens with zero attached hydrogens (tertiary/aromatic N) is 2. The van der Waals surface area contributed by atoms with Gasteiger partial charge in [-0.15, -0.1) is 0 Å². The summed E-state index contributed by atoms with van der Waals surface area (Å²) in [5.74, 6) is -0.379. The van der Waals surface area contributed by atoms with Gasteiger partial charge < -0.3 is 9.84 Å². The Kier molecular flexibility index (Phi) is 4.11. The second-order valence-corrected chi connectivity index (χ2v) is 4.59. The minimum Gasteiger partial charge on any atom is -0.423 e. The van der Waals surface area contributed by atoms with Crippen LogP contribution in [-0.2, 0) is 6.61 Å². The lowest BCUT2D eigenvalue weighted by atomic mass is 10.3. The minimum absolute atomic E-state index is 0.0239. The van der Waals surface area contributed by atoms with Gasteiger partial charge >= 0.3 is 6.01 Å². The fourth-order valence-electron chi connectivity index (χ4n) is 1.16. The van der Waals surface area contributed by atoms with Crippen molar-refractivity contribution in [3.8, 4) is 11.8 Å². The van der Waals surface area contributed by atoms with Crippen LogP contribution >= 0.6 is 27.5 Å². The summed E-state index contributed by atoms with van der Waals surface area (Å²) in [7, 11) is 0. The lowest BCUT2D eigenvalue weighted by Crippen LogP contribution is -1.95. The van der Waals surface area contributed by atoms with Crippen molar-refractivity contribution in [3.05, 3.63) is 45.4 Å². The highest BCUT2D eigenvalue weighted by molar-refractivity contribution is 9.10. The topological polar surface area (TPSA) is 55.2 Å². The molecule has 2 rings (SSSR count). The van der Waals surface area contributed by atoms with E-state index < -0.39 is 5.82 Å². The lowest BCUT2D eigenvalue weighted by Gasteiger charge is -2.06. The molecule has 1 aromatic heterocycles. The molecule has 7 heteroatoms. The maximum atomic E-state index is 13.3. The van der Waals surface area contributed by atoms with Crippen LogP contribution in [0.3, 0.4) is 0 Å². The van der Waals surface area contributed by atoms with E-state index in [2.05, 4.69) is 25.9 Å². The number of aromatic nitrogens is 2. The number of aliphatic hydroxyl groups excluding tert-OH is 1. The second-order valence-electron chi connectivity index (χ2n) is 3.33. The van der Waals surface area contributed by atoms with Gasteiger partial charge in [-0.05, 0) is 22.0 Å². The molecule has 0 aliphatic rings. The van der Waals surface area contributed by atoms with Gasteiger partial charge in [-0.2, -0.15) is 0 Å². The van der Waals surface area contributed by atoms with Gasteiger partial charge in [0.05, 0.1) is 16.1 Å². The van der Waals surface area contributed by atoms with E-state index in [1.165, 1.54) is 18.5 Å². The third-order valence-corrected chi connectivity index (χ3v) is 2.94. The molecule has 0 fully saturated rings. The average molecular weight is 334 g/mol. The summed E-state index contributed by atoms with van der Waals surface area (Å²) in [6.45, 7) is -0.159. The molecule has 0 aliphatic carbocycles. The predicted molar refractivity (Wildman–Crippen MR) is 67.1 cm³/mol. The van der Waals surface area contributed by atoms with Gasteiger partial charge in [0.15, 0.2) is 5.75 Å². The molecule has 2 aromatic rings. The van der Waals surface area contributed by atoms with Gasteiger partial charge in [-0.25, -0.2) is 14.4 Å². The molecule has 1 heterocycles. The molecule has 0 radical (unpaired) electrons. The molecule has 0 saturated carbocycles. The van der Waals surface area contributed by atoms with E-state index in [4.69, 9.17) is 21.4 Å². The summed E-state index contributed by atoms with van der Waals surface area (Å²) < 4.78 is 18.8. The van der Waals surface area contributed by atoms with Crippen molar-refractivity contribution < 1.29 is 14.2 Å². The summed E-state index contributed by atoms with van der Waals surface area (Å²) in [6.07, 6.45) is 2.82. The molecule has 0 atom stereocenters. The van der Waals surface area contributed by atoms with Crippen molar-refractivity contribution in [2.45, 2.75) is 6.61 Å². The van der Waals surface area contributed by atoms with E-state index in [9.17, 15) is 4.39 Å². The summed E-state index contributed by atoms with van der Waals surface area (Å²) >= 11 is 8.90. The molecule has 1 N–H and O–H groups in total. The molecule has 4 nitrogen and oxygen atoms in total. The molecular weight excluding hydrogens is 326 g/mol. The molecule has 0 bridgehead atoms. The van der Waals surface area contributed by atoms with Crippen LogP contribution in [0.25, 0.3) is 0 Å². The standard InChI is InChI=1S/C11H7BrClFN2O2/c12-7-1-8(13)10(2-9(7)14)18-11-15-3-6(5-17)4-16-11/h1-4,17H,5H2. The summed E-state index contributed by atoms with van der Waals surface area (Å²) in [5.41, 5.74) is 0.551. The van der Waals surface area contributed by atoms with E-state index in [1.807, 2.05) is 0 Å². The average Bonchev–Trinajstić information content (AvgIpc) is 2.37. The van der Waals surface area contributed by atoms with Crippen LogP contribution in [-0.4, -0.2) is 15.1 Å². The normalized spacial score (nSPS) is 10.4. The quantitative estimate of drug-likeness (QED) is 0.876. The van der Waals surface area contributed by atoms with Crippen LogP contribution < -0.4 is 4.74 Å². The predicted octanol–water partition coefficient (Wildman–Crippen LogP) is 3.32. The highest BCUT2D eigenvalue weighted by Crippen LogP contribution is 2.32. The third-order valence-electron chi connectivity index (χ3n) is 2.04. The fourth-order valence-corrected chi connectivity index (χ4v) is 1.84. The Morgan fingerprint density at radius 3 is 2.61 bits per heavy atom. The Morgan fingerprint density at radius 1 is 1.33 bits per heavy atom. The van der Waals surface area contributed by atoms with Gasteiger partial charge in [-0.1, -0.05) is 11.6 Å². The number of hydrogen-bond acceptors (Lipinski definition) is 4. The fraction of sp³-hybridized carbons (Fsp3) is 0.0909. The maximum Gasteiger partial charge on any atom is 0.321 e. The van der Waals surface area contributed by atoms with Crippen molar-refractivity contribution in [2.24, 2.45) is 0 Å². The first-order valence-corrected chi connectivity index (χ1v) is 6.01. The Bertz CT molecular complexity index is 566. The van der Waals surface area contributed by atoms with Crippen molar-refractivity contribution >= 4 is 27.5 Å². The van der Waals surface area contributed by atoms with Gasteiger partial charge in [0.2, 0.25) is 0 Å². The Balaban J connectivity index is 2.25. The first kappa shape index (κ1) is 13.2. The highest BCUT2D eigenvalue weighted by atomic mass is 79.9. The first-order valence-electron chi connectivity index (χ1n) is 4.84. The van der Waals surface area contributed by atoms with Crippen LogP contribution in [0.15, 0.2) is 29.0 Å². The van der Waals surface area contributed by atoms with Gasteiger partial charge in [0, 0.05) is 24.0 Å². The molecular formula is C11H7BrClFN2O2. The van der Waals surface area contributed by atoms with Crippen molar-refractivity contribution in [2.75, 3.05) is 0 Å². The number of ether oxygens (including phenoxy) is 1. The lowest BCUT2D eigenvalue weighted by molar-refractivity contribution is 0.280. The van der Waals surface area contributed by atoms with Crippen molar-refractivity contribution in [1.82, 2.24) is 9.97 Å². The van der Waals surface area contributed by atoms with E-state index >= 15 is 0 Å². The molecule has 0 amide bonds. The largest absolute Gasteiger partial charge is 0.423 e. The zero-order valence-corrected chi connectivity index (χ0v) is 11.2. The van der Waals surface area contributed by atoms with E-state index in [0.717, 1.165) is 6.07 Å². The molecule has 0 spiro atoms. The third kappa shape index (κ3) is 2.95. The SMILES string of the molecule is OCc1cnc(Oc2cc(F)c(Br)cc2Cl)nc1. The number of hydrogen-bond donors (Lipinski definition) is 1. The number of benzene rings is 1. The van der Waals surface area contributed by atoms with Gasteiger partial charge in [0.1, 0.15) is 5.82 Å².